The number of carbonyl (C=O) groups is 1. The molecule has 0 aliphatic carbocycles. The average molecular weight is 599 g/mol. The summed E-state index contributed by atoms with van der Waals surface area (Å²) in [5, 5.41) is 3.55. The van der Waals surface area contributed by atoms with Crippen LogP contribution in [0.2, 0.25) is 0 Å². The Hall–Kier alpha value is -5.45. The zero-order valence-electron chi connectivity index (χ0n) is 24.9. The Bertz CT molecular complexity index is 1980. The summed E-state index contributed by atoms with van der Waals surface area (Å²) in [6.45, 7) is 5.86. The first kappa shape index (κ1) is 30.0. The predicted molar refractivity (Wildman–Crippen MR) is 165 cm³/mol. The van der Waals surface area contributed by atoms with Crippen LogP contribution in [0.15, 0.2) is 82.6 Å². The number of halogens is 1. The molecule has 0 aliphatic rings. The predicted octanol–water partition coefficient (Wildman–Crippen LogP) is 5.89. The maximum atomic E-state index is 13.5. The molecule has 3 aromatic carbocycles. The van der Waals surface area contributed by atoms with Crippen LogP contribution in [0.5, 0.6) is 23.0 Å². The molecule has 10 nitrogen and oxygen atoms in total. The van der Waals surface area contributed by atoms with E-state index in [1.165, 1.54) is 22.9 Å². The van der Waals surface area contributed by atoms with E-state index < -0.39 is 23.0 Å². The molecule has 2 aromatic heterocycles. The van der Waals surface area contributed by atoms with E-state index in [-0.39, 0.29) is 23.7 Å². The van der Waals surface area contributed by atoms with Crippen molar-refractivity contribution in [3.63, 3.8) is 0 Å². The number of methoxy groups -OCH3 is 2. The van der Waals surface area contributed by atoms with Crippen LogP contribution in [0.1, 0.15) is 42.6 Å². The van der Waals surface area contributed by atoms with E-state index in [0.717, 1.165) is 27.6 Å². The Morgan fingerprint density at radius 2 is 1.66 bits per heavy atom. The van der Waals surface area contributed by atoms with Crippen molar-refractivity contribution in [2.24, 2.45) is 0 Å². The van der Waals surface area contributed by atoms with Crippen LogP contribution < -0.4 is 30.8 Å². The molecule has 0 aliphatic heterocycles. The zero-order valence-corrected chi connectivity index (χ0v) is 24.9. The lowest BCUT2D eigenvalue weighted by Gasteiger charge is -2.17. The fraction of sp³-hybridized carbons (Fsp3) is 0.212. The summed E-state index contributed by atoms with van der Waals surface area (Å²) in [6, 6.07) is 15.4. The van der Waals surface area contributed by atoms with E-state index in [9.17, 15) is 18.8 Å². The number of benzene rings is 3. The van der Waals surface area contributed by atoms with Gasteiger partial charge in [-0.2, -0.15) is 0 Å². The molecule has 1 N–H and O–H groups in total. The van der Waals surface area contributed by atoms with Gasteiger partial charge < -0.3 is 19.5 Å². The quantitative estimate of drug-likeness (QED) is 0.225. The van der Waals surface area contributed by atoms with Crippen LogP contribution in [0, 0.1) is 5.82 Å². The molecule has 0 saturated heterocycles. The van der Waals surface area contributed by atoms with Crippen molar-refractivity contribution in [1.29, 1.82) is 0 Å². The topological polar surface area (TPSA) is 114 Å². The second-order valence-corrected chi connectivity index (χ2v) is 10.2. The van der Waals surface area contributed by atoms with Gasteiger partial charge in [0.15, 0.2) is 11.5 Å². The van der Waals surface area contributed by atoms with E-state index in [1.807, 2.05) is 19.9 Å². The largest absolute Gasteiger partial charge is 0.493 e. The minimum Gasteiger partial charge on any atom is -0.493 e. The molecule has 0 radical (unpaired) electrons. The highest BCUT2D eigenvalue weighted by molar-refractivity contribution is 6.04. The first-order valence-electron chi connectivity index (χ1n) is 13.9. The minimum absolute atomic E-state index is 0.0344. The van der Waals surface area contributed by atoms with Crippen LogP contribution in [0.25, 0.3) is 16.6 Å². The number of nitrogens with zero attached hydrogens (tertiary/aromatic N) is 3. The Kier molecular flexibility index (Phi) is 8.48. The number of aromatic nitrogens is 3. The van der Waals surface area contributed by atoms with Gasteiger partial charge in [-0.15, -0.1) is 0 Å². The molecule has 2 heterocycles. The summed E-state index contributed by atoms with van der Waals surface area (Å²) >= 11 is 0. The van der Waals surface area contributed by atoms with Crippen LogP contribution in [0.4, 0.5) is 10.1 Å². The number of anilines is 1. The number of ether oxygens (including phenoxy) is 3. The monoisotopic (exact) mass is 598 g/mol. The van der Waals surface area contributed by atoms with Crippen molar-refractivity contribution >= 4 is 22.5 Å². The number of carbonyl (C=O) groups excluding carboxylic acids is 1. The zero-order chi connectivity index (χ0) is 31.5. The molecule has 5 rings (SSSR count). The summed E-state index contributed by atoms with van der Waals surface area (Å²) in [7, 11) is 3.11. The maximum absolute atomic E-state index is 13.5. The van der Waals surface area contributed by atoms with Gasteiger partial charge in [0.05, 0.1) is 25.4 Å². The number of aryl methyl sites for hydroxylation is 1. The molecule has 0 fully saturated rings. The van der Waals surface area contributed by atoms with Gasteiger partial charge in [0.25, 0.3) is 11.5 Å². The van der Waals surface area contributed by atoms with Gasteiger partial charge in [0, 0.05) is 36.1 Å². The standard InChI is InChI=1S/C33H31FN4O6/c1-6-37-18-25(32(40)38(33(37)41)21-9-7-20(34)8-10-21)31(39)36-26-12-11-22(15-23(26)19(2)3)44-28-13-14-35-27-17-30(43-5)29(42-4)16-24(27)28/h7-19H,6H2,1-5H3,(H,36,39). The lowest BCUT2D eigenvalue weighted by atomic mass is 10.0. The Morgan fingerprint density at radius 1 is 0.955 bits per heavy atom. The van der Waals surface area contributed by atoms with Crippen LogP contribution in [-0.2, 0) is 6.54 Å². The third-order valence-electron chi connectivity index (χ3n) is 7.15. The third kappa shape index (κ3) is 5.76. The lowest BCUT2D eigenvalue weighted by molar-refractivity contribution is 0.102. The molecule has 0 bridgehead atoms. The highest BCUT2D eigenvalue weighted by Gasteiger charge is 2.21. The average Bonchev–Trinajstić information content (AvgIpc) is 3.02. The number of amides is 1. The Morgan fingerprint density at radius 3 is 2.32 bits per heavy atom. The number of hydrogen-bond acceptors (Lipinski definition) is 7. The molecule has 1 amide bonds. The highest BCUT2D eigenvalue weighted by atomic mass is 19.1. The second kappa shape index (κ2) is 12.4. The summed E-state index contributed by atoms with van der Waals surface area (Å²) < 4.78 is 32.7. The van der Waals surface area contributed by atoms with Gasteiger partial charge in [-0.05, 0) is 73.0 Å². The summed E-state index contributed by atoms with van der Waals surface area (Å²) in [5.41, 5.74) is 0.367. The first-order chi connectivity index (χ1) is 21.1. The SMILES string of the molecule is CCn1cc(C(=O)Nc2ccc(Oc3ccnc4cc(OC)c(OC)cc34)cc2C(C)C)c(=O)n(-c2ccc(F)cc2)c1=O. The molecule has 226 valence electrons. The molecule has 0 saturated carbocycles. The molecule has 5 aromatic rings. The molecule has 44 heavy (non-hydrogen) atoms. The van der Waals surface area contributed by atoms with Crippen LogP contribution in [0.3, 0.4) is 0 Å². The van der Waals surface area contributed by atoms with E-state index >= 15 is 0 Å². The van der Waals surface area contributed by atoms with Crippen molar-refractivity contribution < 1.29 is 23.4 Å². The molecule has 0 atom stereocenters. The number of rotatable bonds is 9. The number of fused-ring (bicyclic) bond motifs is 1. The van der Waals surface area contributed by atoms with Crippen molar-refractivity contribution in [2.45, 2.75) is 33.2 Å². The molecule has 0 spiro atoms. The second-order valence-electron chi connectivity index (χ2n) is 10.2. The molecular weight excluding hydrogens is 567 g/mol. The van der Waals surface area contributed by atoms with Crippen LogP contribution >= 0.6 is 0 Å². The van der Waals surface area contributed by atoms with Gasteiger partial charge >= 0.3 is 5.69 Å². The van der Waals surface area contributed by atoms with E-state index in [1.54, 1.807) is 57.7 Å². The van der Waals surface area contributed by atoms with Gasteiger partial charge in [0.1, 0.15) is 22.9 Å². The smallest absolute Gasteiger partial charge is 0.335 e. The van der Waals surface area contributed by atoms with Crippen molar-refractivity contribution in [1.82, 2.24) is 14.1 Å². The van der Waals surface area contributed by atoms with Crippen molar-refractivity contribution in [3.8, 4) is 28.7 Å². The summed E-state index contributed by atoms with van der Waals surface area (Å²) in [5.74, 6) is 0.907. The van der Waals surface area contributed by atoms with Crippen molar-refractivity contribution in [2.75, 3.05) is 19.5 Å². The first-order valence-corrected chi connectivity index (χ1v) is 13.9. The lowest BCUT2D eigenvalue weighted by Crippen LogP contribution is -2.42. The van der Waals surface area contributed by atoms with Gasteiger partial charge in [-0.1, -0.05) is 13.8 Å². The van der Waals surface area contributed by atoms with Gasteiger partial charge in [-0.3, -0.25) is 19.1 Å². The molecular formula is C33H31FN4O6. The van der Waals surface area contributed by atoms with Gasteiger partial charge in [-0.25, -0.2) is 13.8 Å². The van der Waals surface area contributed by atoms with E-state index in [0.29, 0.717) is 34.2 Å². The van der Waals surface area contributed by atoms with E-state index in [4.69, 9.17) is 14.2 Å². The summed E-state index contributed by atoms with van der Waals surface area (Å²) in [4.78, 5) is 44.3. The fourth-order valence-corrected chi connectivity index (χ4v) is 4.85. The fourth-order valence-electron chi connectivity index (χ4n) is 4.85. The number of hydrogen-bond donors (Lipinski definition) is 1. The minimum atomic E-state index is -0.813. The van der Waals surface area contributed by atoms with E-state index in [2.05, 4.69) is 10.3 Å². The Labute approximate surface area is 252 Å². The Balaban J connectivity index is 1.49. The maximum Gasteiger partial charge on any atom is 0.335 e. The van der Waals surface area contributed by atoms with Gasteiger partial charge in [0.2, 0.25) is 0 Å². The van der Waals surface area contributed by atoms with Crippen LogP contribution in [-0.4, -0.2) is 34.2 Å². The molecule has 11 heteroatoms. The number of pyridine rings is 1. The summed E-state index contributed by atoms with van der Waals surface area (Å²) in [6.07, 6.45) is 2.88. The number of nitrogens with one attached hydrogen (secondary N) is 1. The van der Waals surface area contributed by atoms with Crippen molar-refractivity contribution in [3.05, 3.63) is 111 Å². The molecule has 0 unspecified atom stereocenters. The normalized spacial score (nSPS) is 11.1. The third-order valence-corrected chi connectivity index (χ3v) is 7.15. The highest BCUT2D eigenvalue weighted by Crippen LogP contribution is 2.38.